The van der Waals surface area contributed by atoms with E-state index < -0.39 is 0 Å². The lowest BCUT2D eigenvalue weighted by Gasteiger charge is -2.18. The number of rotatable bonds is 9. The summed E-state index contributed by atoms with van der Waals surface area (Å²) < 4.78 is 5.29. The topological polar surface area (TPSA) is 48.3 Å². The van der Waals surface area contributed by atoms with Crippen molar-refractivity contribution in [1.82, 2.24) is 10.2 Å². The van der Waals surface area contributed by atoms with Crippen LogP contribution in [0.2, 0.25) is 0 Å². The monoisotopic (exact) mass is 225 g/mol. The number of hydrogen-bond acceptors (Lipinski definition) is 4. The van der Waals surface area contributed by atoms with Crippen LogP contribution in [0.4, 0.5) is 0 Å². The fraction of sp³-hybridized carbons (Fsp3) is 0.917. The lowest BCUT2D eigenvalue weighted by atomic mass is 10.2. The predicted octanol–water partition coefficient (Wildman–Crippen LogP) is 0.989. The normalized spacial score (nSPS) is 17.4. The molecule has 0 heterocycles. The lowest BCUT2D eigenvalue weighted by Crippen LogP contribution is -2.34. The van der Waals surface area contributed by atoms with E-state index in [1.807, 2.05) is 6.92 Å². The number of nitrogens with one attached hydrogen (secondary N) is 1. The van der Waals surface area contributed by atoms with Gasteiger partial charge in [0, 0.05) is 25.7 Å². The molecule has 1 fully saturated rings. The zero-order valence-corrected chi connectivity index (χ0v) is 10.4. The van der Waals surface area contributed by atoms with Gasteiger partial charge >= 0.3 is 0 Å². The molecular weight excluding hydrogens is 202 g/mol. The molecule has 4 nitrogen and oxygen atoms in total. The van der Waals surface area contributed by atoms with Gasteiger partial charge in [-0.15, -0.1) is 0 Å². The molecule has 16 heavy (non-hydrogen) atoms. The zero-order valence-electron chi connectivity index (χ0n) is 10.4. The highest BCUT2D eigenvalue weighted by Gasteiger charge is 2.24. The van der Waals surface area contributed by atoms with Crippen molar-refractivity contribution >= 4 is 0 Å². The third-order valence-electron chi connectivity index (χ3n) is 2.79. The maximum Gasteiger partial charge on any atom is 0.0967 e. The SMILES string of the molecule is CCOCCN(C)CCC(C#N)NC1CC1. The van der Waals surface area contributed by atoms with E-state index in [0.29, 0.717) is 6.04 Å². The Kier molecular flexibility index (Phi) is 6.39. The van der Waals surface area contributed by atoms with Crippen LogP contribution in [0, 0.1) is 11.3 Å². The van der Waals surface area contributed by atoms with Crippen LogP contribution in [0.15, 0.2) is 0 Å². The van der Waals surface area contributed by atoms with Gasteiger partial charge in [-0.3, -0.25) is 5.32 Å². The van der Waals surface area contributed by atoms with Gasteiger partial charge in [0.15, 0.2) is 0 Å². The number of likely N-dealkylation sites (N-methyl/N-ethyl adjacent to an activating group) is 1. The van der Waals surface area contributed by atoms with Crippen LogP contribution in [0.1, 0.15) is 26.2 Å². The number of ether oxygens (including phenoxy) is 1. The summed E-state index contributed by atoms with van der Waals surface area (Å²) >= 11 is 0. The van der Waals surface area contributed by atoms with Crippen LogP contribution in [0.5, 0.6) is 0 Å². The molecule has 1 atom stereocenters. The first-order valence-electron chi connectivity index (χ1n) is 6.18. The highest BCUT2D eigenvalue weighted by molar-refractivity contribution is 4.95. The molecule has 0 aromatic carbocycles. The quantitative estimate of drug-likeness (QED) is 0.594. The molecule has 0 aromatic heterocycles. The minimum Gasteiger partial charge on any atom is -0.380 e. The summed E-state index contributed by atoms with van der Waals surface area (Å²) in [6.45, 7) is 5.45. The maximum absolute atomic E-state index is 8.97. The first kappa shape index (κ1) is 13.4. The first-order valence-corrected chi connectivity index (χ1v) is 6.18. The van der Waals surface area contributed by atoms with Crippen molar-refractivity contribution in [1.29, 1.82) is 5.26 Å². The second kappa shape index (κ2) is 7.61. The van der Waals surface area contributed by atoms with Gasteiger partial charge in [-0.1, -0.05) is 0 Å². The van der Waals surface area contributed by atoms with Crippen molar-refractivity contribution in [2.75, 3.05) is 33.4 Å². The molecule has 0 radical (unpaired) electrons. The second-order valence-electron chi connectivity index (χ2n) is 4.41. The molecule has 0 aliphatic heterocycles. The van der Waals surface area contributed by atoms with E-state index in [-0.39, 0.29) is 6.04 Å². The van der Waals surface area contributed by atoms with Crippen molar-refractivity contribution in [3.05, 3.63) is 0 Å². The summed E-state index contributed by atoms with van der Waals surface area (Å²) in [7, 11) is 2.07. The summed E-state index contributed by atoms with van der Waals surface area (Å²) in [4.78, 5) is 2.22. The minimum atomic E-state index is 0.0158. The molecular formula is C12H23N3O. The third kappa shape index (κ3) is 6.06. The van der Waals surface area contributed by atoms with Crippen LogP contribution in [-0.2, 0) is 4.74 Å². The predicted molar refractivity (Wildman–Crippen MR) is 64.2 cm³/mol. The van der Waals surface area contributed by atoms with Crippen molar-refractivity contribution in [2.24, 2.45) is 0 Å². The smallest absolute Gasteiger partial charge is 0.0967 e. The Bertz CT molecular complexity index is 223. The summed E-state index contributed by atoms with van der Waals surface area (Å²) in [5.74, 6) is 0. The number of hydrogen-bond donors (Lipinski definition) is 1. The van der Waals surface area contributed by atoms with Gasteiger partial charge in [0.25, 0.3) is 0 Å². The Balaban J connectivity index is 2.03. The Hall–Kier alpha value is -0.630. The van der Waals surface area contributed by atoms with Gasteiger partial charge in [-0.2, -0.15) is 5.26 Å². The molecule has 1 aliphatic carbocycles. The van der Waals surface area contributed by atoms with Crippen molar-refractivity contribution < 1.29 is 4.74 Å². The molecule has 0 amide bonds. The Morgan fingerprint density at radius 2 is 2.25 bits per heavy atom. The third-order valence-corrected chi connectivity index (χ3v) is 2.79. The molecule has 0 aromatic rings. The Morgan fingerprint density at radius 1 is 1.50 bits per heavy atom. The van der Waals surface area contributed by atoms with E-state index in [1.54, 1.807) is 0 Å². The van der Waals surface area contributed by atoms with Crippen molar-refractivity contribution in [3.63, 3.8) is 0 Å². The average Bonchev–Trinajstić information content (AvgIpc) is 3.08. The number of nitriles is 1. The van der Waals surface area contributed by atoms with Crippen LogP contribution in [0.3, 0.4) is 0 Å². The molecule has 1 N–H and O–H groups in total. The zero-order chi connectivity index (χ0) is 11.8. The molecule has 0 bridgehead atoms. The van der Waals surface area contributed by atoms with Gasteiger partial charge < -0.3 is 9.64 Å². The van der Waals surface area contributed by atoms with E-state index >= 15 is 0 Å². The maximum atomic E-state index is 8.97. The highest BCUT2D eigenvalue weighted by Crippen LogP contribution is 2.19. The molecule has 1 unspecified atom stereocenters. The minimum absolute atomic E-state index is 0.0158. The number of nitrogens with zero attached hydrogens (tertiary/aromatic N) is 2. The molecule has 1 saturated carbocycles. The van der Waals surface area contributed by atoms with E-state index in [2.05, 4.69) is 23.3 Å². The van der Waals surface area contributed by atoms with E-state index in [4.69, 9.17) is 10.00 Å². The Labute approximate surface area is 98.6 Å². The van der Waals surface area contributed by atoms with Gasteiger partial charge in [0.1, 0.15) is 0 Å². The van der Waals surface area contributed by atoms with Crippen LogP contribution in [0.25, 0.3) is 0 Å². The molecule has 1 aliphatic rings. The van der Waals surface area contributed by atoms with E-state index in [0.717, 1.165) is 32.7 Å². The average molecular weight is 225 g/mol. The molecule has 0 spiro atoms. The largest absolute Gasteiger partial charge is 0.380 e. The fourth-order valence-electron chi connectivity index (χ4n) is 1.55. The highest BCUT2D eigenvalue weighted by atomic mass is 16.5. The van der Waals surface area contributed by atoms with Gasteiger partial charge in [0.2, 0.25) is 0 Å². The standard InChI is InChI=1S/C12H23N3O/c1-3-16-9-8-15(2)7-6-12(10-13)14-11-4-5-11/h11-12,14H,3-9H2,1-2H3. The summed E-state index contributed by atoms with van der Waals surface area (Å²) in [5.41, 5.74) is 0. The van der Waals surface area contributed by atoms with Crippen LogP contribution < -0.4 is 5.32 Å². The Morgan fingerprint density at radius 3 is 2.81 bits per heavy atom. The lowest BCUT2D eigenvalue weighted by molar-refractivity contribution is 0.121. The van der Waals surface area contributed by atoms with Crippen LogP contribution >= 0.6 is 0 Å². The molecule has 0 saturated heterocycles. The van der Waals surface area contributed by atoms with E-state index in [1.165, 1.54) is 12.8 Å². The van der Waals surface area contributed by atoms with Crippen molar-refractivity contribution in [2.45, 2.75) is 38.3 Å². The second-order valence-corrected chi connectivity index (χ2v) is 4.41. The molecule has 4 heteroatoms. The summed E-state index contributed by atoms with van der Waals surface area (Å²) in [6.07, 6.45) is 3.37. The summed E-state index contributed by atoms with van der Waals surface area (Å²) in [6, 6.07) is 2.95. The molecule has 1 rings (SSSR count). The van der Waals surface area contributed by atoms with E-state index in [9.17, 15) is 0 Å². The summed E-state index contributed by atoms with van der Waals surface area (Å²) in [5, 5.41) is 12.3. The van der Waals surface area contributed by atoms with Crippen molar-refractivity contribution in [3.8, 4) is 6.07 Å². The van der Waals surface area contributed by atoms with Crippen LogP contribution in [-0.4, -0.2) is 50.3 Å². The first-order chi connectivity index (χ1) is 7.76. The van der Waals surface area contributed by atoms with Gasteiger partial charge in [-0.25, -0.2) is 0 Å². The van der Waals surface area contributed by atoms with Gasteiger partial charge in [0.05, 0.1) is 18.7 Å². The fourth-order valence-corrected chi connectivity index (χ4v) is 1.55. The molecule has 92 valence electrons. The van der Waals surface area contributed by atoms with Gasteiger partial charge in [-0.05, 0) is 33.2 Å².